The molecular formula is C22H24N4O3S. The average molecular weight is 425 g/mol. The molecule has 1 aliphatic rings. The molecule has 0 atom stereocenters. The molecule has 1 aliphatic heterocycles. The van der Waals surface area contributed by atoms with E-state index in [0.717, 1.165) is 24.6 Å². The van der Waals surface area contributed by atoms with Crippen LogP contribution in [0.4, 0.5) is 0 Å². The van der Waals surface area contributed by atoms with Crippen LogP contribution in [0, 0.1) is 0 Å². The molecule has 1 N–H and O–H groups in total. The second-order valence-corrected chi connectivity index (χ2v) is 8.08. The summed E-state index contributed by atoms with van der Waals surface area (Å²) in [6.45, 7) is 3.95. The number of furan rings is 1. The number of thiazole rings is 1. The zero-order chi connectivity index (χ0) is 20.8. The molecule has 0 saturated carbocycles. The number of hydrogen-bond donors (Lipinski definition) is 1. The molecule has 0 unspecified atom stereocenters. The predicted molar refractivity (Wildman–Crippen MR) is 115 cm³/mol. The highest BCUT2D eigenvalue weighted by Gasteiger charge is 2.21. The zero-order valence-corrected chi connectivity index (χ0v) is 17.4. The van der Waals surface area contributed by atoms with Gasteiger partial charge in [0.1, 0.15) is 0 Å². The number of rotatable bonds is 7. The third-order valence-electron chi connectivity index (χ3n) is 5.04. The van der Waals surface area contributed by atoms with E-state index in [1.807, 2.05) is 34.5 Å². The van der Waals surface area contributed by atoms with Crippen LogP contribution in [0.15, 0.2) is 58.5 Å². The van der Waals surface area contributed by atoms with Gasteiger partial charge in [0.25, 0.3) is 0 Å². The van der Waals surface area contributed by atoms with E-state index < -0.39 is 0 Å². The minimum atomic E-state index is -0.206. The Bertz CT molecular complexity index is 963. The van der Waals surface area contributed by atoms with Gasteiger partial charge in [0.05, 0.1) is 24.9 Å². The van der Waals surface area contributed by atoms with Gasteiger partial charge in [0.2, 0.25) is 11.8 Å². The smallest absolute Gasteiger partial charge is 0.242 e. The van der Waals surface area contributed by atoms with Crippen LogP contribution in [0.25, 0.3) is 10.8 Å². The van der Waals surface area contributed by atoms with Crippen LogP contribution in [-0.2, 0) is 22.6 Å². The molecule has 3 aromatic rings. The summed E-state index contributed by atoms with van der Waals surface area (Å²) in [5.74, 6) is 0.438. The number of nitrogens with one attached hydrogen (secondary N) is 1. The zero-order valence-electron chi connectivity index (χ0n) is 16.6. The summed E-state index contributed by atoms with van der Waals surface area (Å²) < 4.78 is 5.32. The number of nitrogens with zero attached hydrogens (tertiary/aromatic N) is 3. The fourth-order valence-corrected chi connectivity index (χ4v) is 4.20. The Hall–Kier alpha value is -2.97. The Labute approximate surface area is 179 Å². The maximum Gasteiger partial charge on any atom is 0.242 e. The van der Waals surface area contributed by atoms with E-state index in [9.17, 15) is 9.59 Å². The summed E-state index contributed by atoms with van der Waals surface area (Å²) in [5, 5.41) is 5.30. The van der Waals surface area contributed by atoms with Crippen LogP contribution < -0.4 is 5.32 Å². The third-order valence-corrected chi connectivity index (χ3v) is 5.94. The second kappa shape index (κ2) is 9.69. The van der Waals surface area contributed by atoms with Crippen molar-refractivity contribution in [2.45, 2.75) is 13.0 Å². The number of piperazine rings is 1. The lowest BCUT2D eigenvalue weighted by molar-refractivity contribution is -0.134. The van der Waals surface area contributed by atoms with E-state index >= 15 is 0 Å². The third kappa shape index (κ3) is 5.34. The molecule has 4 rings (SSSR count). The first-order valence-electron chi connectivity index (χ1n) is 9.96. The number of carbonyl (C=O) groups excluding carboxylic acids is 2. The normalized spacial score (nSPS) is 14.6. The Morgan fingerprint density at radius 3 is 2.60 bits per heavy atom. The topological polar surface area (TPSA) is 78.7 Å². The molecule has 0 radical (unpaired) electrons. The maximum absolute atomic E-state index is 12.4. The van der Waals surface area contributed by atoms with E-state index in [2.05, 4.69) is 27.3 Å². The highest BCUT2D eigenvalue weighted by atomic mass is 32.1. The SMILES string of the molecule is O=C(Cc1csc(-c2ccco2)n1)NCC(=O)N1CCN(Cc2ccccc2)CC1. The molecule has 1 aromatic carbocycles. The van der Waals surface area contributed by atoms with Gasteiger partial charge in [-0.2, -0.15) is 0 Å². The minimum Gasteiger partial charge on any atom is -0.462 e. The van der Waals surface area contributed by atoms with Crippen molar-refractivity contribution in [1.82, 2.24) is 20.1 Å². The molecule has 7 nitrogen and oxygen atoms in total. The largest absolute Gasteiger partial charge is 0.462 e. The molecule has 3 heterocycles. The van der Waals surface area contributed by atoms with Gasteiger partial charge >= 0.3 is 0 Å². The van der Waals surface area contributed by atoms with E-state index in [-0.39, 0.29) is 24.8 Å². The van der Waals surface area contributed by atoms with Crippen LogP contribution in [0.3, 0.4) is 0 Å². The molecule has 0 bridgehead atoms. The van der Waals surface area contributed by atoms with E-state index in [0.29, 0.717) is 24.5 Å². The number of carbonyl (C=O) groups is 2. The van der Waals surface area contributed by atoms with Gasteiger partial charge in [0, 0.05) is 38.1 Å². The van der Waals surface area contributed by atoms with Gasteiger partial charge in [-0.1, -0.05) is 30.3 Å². The van der Waals surface area contributed by atoms with Gasteiger partial charge < -0.3 is 14.6 Å². The van der Waals surface area contributed by atoms with Crippen molar-refractivity contribution in [3.05, 3.63) is 65.4 Å². The summed E-state index contributed by atoms with van der Waals surface area (Å²) in [6.07, 6.45) is 1.74. The molecule has 1 saturated heterocycles. The molecule has 0 spiro atoms. The highest BCUT2D eigenvalue weighted by Crippen LogP contribution is 2.24. The monoisotopic (exact) mass is 424 g/mol. The molecule has 30 heavy (non-hydrogen) atoms. The first-order valence-corrected chi connectivity index (χ1v) is 10.8. The van der Waals surface area contributed by atoms with E-state index in [1.165, 1.54) is 16.9 Å². The molecular weight excluding hydrogens is 400 g/mol. The van der Waals surface area contributed by atoms with Crippen molar-refractivity contribution in [2.24, 2.45) is 0 Å². The van der Waals surface area contributed by atoms with Crippen molar-refractivity contribution >= 4 is 23.2 Å². The van der Waals surface area contributed by atoms with Gasteiger partial charge in [-0.15, -0.1) is 11.3 Å². The van der Waals surface area contributed by atoms with Gasteiger partial charge in [-0.25, -0.2) is 4.98 Å². The lowest BCUT2D eigenvalue weighted by atomic mass is 10.2. The van der Waals surface area contributed by atoms with E-state index in [4.69, 9.17) is 4.42 Å². The van der Waals surface area contributed by atoms with Crippen molar-refractivity contribution in [1.29, 1.82) is 0 Å². The highest BCUT2D eigenvalue weighted by molar-refractivity contribution is 7.13. The summed E-state index contributed by atoms with van der Waals surface area (Å²) >= 11 is 1.43. The lowest BCUT2D eigenvalue weighted by Gasteiger charge is -2.34. The standard InChI is InChI=1S/C22H24N4O3S/c27-20(13-18-16-30-22(24-18)19-7-4-12-29-19)23-14-21(28)26-10-8-25(9-11-26)15-17-5-2-1-3-6-17/h1-7,12,16H,8-11,13-15H2,(H,23,27). The molecule has 2 amide bonds. The maximum atomic E-state index is 12.4. The fourth-order valence-electron chi connectivity index (χ4n) is 3.41. The van der Waals surface area contributed by atoms with Gasteiger partial charge in [0.15, 0.2) is 10.8 Å². The molecule has 1 fully saturated rings. The average Bonchev–Trinajstić information content (AvgIpc) is 3.45. The number of hydrogen-bond acceptors (Lipinski definition) is 6. The van der Waals surface area contributed by atoms with Crippen LogP contribution in [0.2, 0.25) is 0 Å². The Balaban J connectivity index is 1.18. The second-order valence-electron chi connectivity index (χ2n) is 7.22. The van der Waals surface area contributed by atoms with Gasteiger partial charge in [-0.3, -0.25) is 14.5 Å². The summed E-state index contributed by atoms with van der Waals surface area (Å²) in [4.78, 5) is 33.2. The number of amides is 2. The Morgan fingerprint density at radius 2 is 1.87 bits per heavy atom. The number of benzene rings is 1. The van der Waals surface area contributed by atoms with Crippen molar-refractivity contribution < 1.29 is 14.0 Å². The quantitative estimate of drug-likeness (QED) is 0.630. The van der Waals surface area contributed by atoms with Crippen LogP contribution in [-0.4, -0.2) is 59.3 Å². The Kier molecular flexibility index (Phi) is 6.56. The predicted octanol–water partition coefficient (Wildman–Crippen LogP) is 2.41. The molecule has 2 aromatic heterocycles. The molecule has 8 heteroatoms. The van der Waals surface area contributed by atoms with Crippen molar-refractivity contribution in [3.63, 3.8) is 0 Å². The summed E-state index contributed by atoms with van der Waals surface area (Å²) in [7, 11) is 0. The van der Waals surface area contributed by atoms with Crippen LogP contribution in [0.1, 0.15) is 11.3 Å². The lowest BCUT2D eigenvalue weighted by Crippen LogP contribution is -2.50. The first kappa shape index (κ1) is 20.3. The summed E-state index contributed by atoms with van der Waals surface area (Å²) in [6, 6.07) is 14.0. The van der Waals surface area contributed by atoms with Crippen LogP contribution >= 0.6 is 11.3 Å². The van der Waals surface area contributed by atoms with Crippen LogP contribution in [0.5, 0.6) is 0 Å². The van der Waals surface area contributed by atoms with Crippen molar-refractivity contribution in [3.8, 4) is 10.8 Å². The number of aromatic nitrogens is 1. The van der Waals surface area contributed by atoms with Crippen molar-refractivity contribution in [2.75, 3.05) is 32.7 Å². The van der Waals surface area contributed by atoms with E-state index in [1.54, 1.807) is 12.3 Å². The van der Waals surface area contributed by atoms with Gasteiger partial charge in [-0.05, 0) is 17.7 Å². The molecule has 0 aliphatic carbocycles. The minimum absolute atomic E-state index is 0.0205. The molecule has 156 valence electrons. The fraction of sp³-hybridized carbons (Fsp3) is 0.318. The first-order chi connectivity index (χ1) is 14.7. The summed E-state index contributed by atoms with van der Waals surface area (Å²) in [5.41, 5.74) is 1.95. The Morgan fingerprint density at radius 1 is 1.07 bits per heavy atom.